The van der Waals surface area contributed by atoms with E-state index in [0.717, 1.165) is 17.0 Å². The van der Waals surface area contributed by atoms with Crippen LogP contribution in [-0.4, -0.2) is 39.9 Å². The van der Waals surface area contributed by atoms with Crippen LogP contribution in [0.1, 0.15) is 24.3 Å². The predicted octanol–water partition coefficient (Wildman–Crippen LogP) is 3.54. The second-order valence-electron chi connectivity index (χ2n) is 7.42. The van der Waals surface area contributed by atoms with Crippen molar-refractivity contribution in [1.82, 2.24) is 19.7 Å². The van der Waals surface area contributed by atoms with Crippen molar-refractivity contribution in [3.05, 3.63) is 48.3 Å². The fraction of sp³-hybridized carbons (Fsp3) is 0.400. The highest BCUT2D eigenvalue weighted by Crippen LogP contribution is 2.40. The quantitative estimate of drug-likeness (QED) is 0.722. The molecule has 3 aromatic rings. The van der Waals surface area contributed by atoms with Gasteiger partial charge in [0.1, 0.15) is 11.5 Å². The molecule has 2 N–H and O–H groups in total. The maximum absolute atomic E-state index is 13.2. The smallest absolute Gasteiger partial charge is 0.244 e. The minimum Gasteiger partial charge on any atom is -0.365 e. The topological polar surface area (TPSA) is 54.2 Å². The van der Waals surface area contributed by atoms with Gasteiger partial charge in [-0.3, -0.25) is 4.40 Å². The summed E-state index contributed by atoms with van der Waals surface area (Å²) in [5, 5.41) is 6.21. The first kappa shape index (κ1) is 16.6. The van der Waals surface area contributed by atoms with Gasteiger partial charge in [-0.05, 0) is 42.5 Å². The molecule has 2 unspecified atom stereocenters. The SMILES string of the molecule is FC(F)C1CNCC1Nc1cccc(-c2cnc3ccc(C4CC4)cn23)n1. The van der Waals surface area contributed by atoms with E-state index in [0.29, 0.717) is 24.8 Å². The van der Waals surface area contributed by atoms with Crippen LogP contribution in [0.25, 0.3) is 17.0 Å². The summed E-state index contributed by atoms with van der Waals surface area (Å²) >= 11 is 0. The van der Waals surface area contributed by atoms with Crippen molar-refractivity contribution in [3.63, 3.8) is 0 Å². The molecule has 0 amide bonds. The van der Waals surface area contributed by atoms with Gasteiger partial charge in [0, 0.05) is 25.3 Å². The molecule has 1 saturated carbocycles. The summed E-state index contributed by atoms with van der Waals surface area (Å²) in [7, 11) is 0. The van der Waals surface area contributed by atoms with E-state index in [-0.39, 0.29) is 6.04 Å². The molecule has 1 aliphatic carbocycles. The van der Waals surface area contributed by atoms with Crippen molar-refractivity contribution in [2.75, 3.05) is 18.4 Å². The highest BCUT2D eigenvalue weighted by Gasteiger charge is 2.34. The van der Waals surface area contributed by atoms with E-state index in [1.807, 2.05) is 30.5 Å². The second-order valence-corrected chi connectivity index (χ2v) is 7.42. The Morgan fingerprint density at radius 1 is 1.15 bits per heavy atom. The zero-order chi connectivity index (χ0) is 18.4. The van der Waals surface area contributed by atoms with Crippen molar-refractivity contribution >= 4 is 11.5 Å². The van der Waals surface area contributed by atoms with E-state index in [2.05, 4.69) is 37.3 Å². The number of fused-ring (bicyclic) bond motifs is 1. The summed E-state index contributed by atoms with van der Waals surface area (Å²) in [6.07, 6.45) is 4.10. The standard InChI is InChI=1S/C20H21F2N5/c21-20(22)14-8-23-9-16(14)26-18-3-1-2-15(25-18)17-10-24-19-7-6-13(11-27(17)19)12-4-5-12/h1-3,6-7,10-12,14,16,20,23H,4-5,8-9H2,(H,25,26). The lowest BCUT2D eigenvalue weighted by Crippen LogP contribution is -2.32. The van der Waals surface area contributed by atoms with Crippen molar-refractivity contribution in [1.29, 1.82) is 0 Å². The van der Waals surface area contributed by atoms with Crippen molar-refractivity contribution in [2.45, 2.75) is 31.2 Å². The van der Waals surface area contributed by atoms with Crippen LogP contribution >= 0.6 is 0 Å². The fourth-order valence-corrected chi connectivity index (χ4v) is 3.81. The molecule has 4 heterocycles. The van der Waals surface area contributed by atoms with Gasteiger partial charge in [0.05, 0.1) is 23.5 Å². The maximum atomic E-state index is 13.2. The van der Waals surface area contributed by atoms with Crippen LogP contribution in [0.3, 0.4) is 0 Å². The number of hydrogen-bond donors (Lipinski definition) is 2. The van der Waals surface area contributed by atoms with E-state index in [1.54, 1.807) is 0 Å². The number of nitrogens with zero attached hydrogens (tertiary/aromatic N) is 3. The minimum absolute atomic E-state index is 0.323. The number of aromatic nitrogens is 3. The number of alkyl halides is 2. The van der Waals surface area contributed by atoms with E-state index in [4.69, 9.17) is 0 Å². The highest BCUT2D eigenvalue weighted by molar-refractivity contribution is 5.62. The lowest BCUT2D eigenvalue weighted by atomic mass is 10.0. The van der Waals surface area contributed by atoms with Gasteiger partial charge in [-0.2, -0.15) is 0 Å². The summed E-state index contributed by atoms with van der Waals surface area (Å²) in [5.74, 6) is 0.569. The molecule has 7 heteroatoms. The number of pyridine rings is 2. The normalized spacial score (nSPS) is 22.6. The lowest BCUT2D eigenvalue weighted by Gasteiger charge is -2.20. The van der Waals surface area contributed by atoms with E-state index in [9.17, 15) is 8.78 Å². The van der Waals surface area contributed by atoms with Crippen LogP contribution in [0, 0.1) is 5.92 Å². The molecule has 1 aliphatic heterocycles. The molecule has 1 saturated heterocycles. The van der Waals surface area contributed by atoms with Gasteiger partial charge in [-0.25, -0.2) is 18.7 Å². The Hall–Kier alpha value is -2.54. The highest BCUT2D eigenvalue weighted by atomic mass is 19.3. The molecule has 0 radical (unpaired) electrons. The van der Waals surface area contributed by atoms with Crippen molar-refractivity contribution < 1.29 is 8.78 Å². The maximum Gasteiger partial charge on any atom is 0.244 e. The summed E-state index contributed by atoms with van der Waals surface area (Å²) in [5.41, 5.74) is 3.89. The molecule has 2 atom stereocenters. The molecular formula is C20H21F2N5. The Morgan fingerprint density at radius 3 is 2.85 bits per heavy atom. The van der Waals surface area contributed by atoms with Gasteiger partial charge in [-0.1, -0.05) is 12.1 Å². The average Bonchev–Trinajstić information content (AvgIpc) is 3.27. The third-order valence-electron chi connectivity index (χ3n) is 5.51. The van der Waals surface area contributed by atoms with Gasteiger partial charge in [-0.15, -0.1) is 0 Å². The molecule has 2 fully saturated rings. The van der Waals surface area contributed by atoms with E-state index >= 15 is 0 Å². The molecule has 3 aromatic heterocycles. The molecule has 140 valence electrons. The first-order chi connectivity index (χ1) is 13.2. The molecular weight excluding hydrogens is 348 g/mol. The van der Waals surface area contributed by atoms with Gasteiger partial charge < -0.3 is 10.6 Å². The average molecular weight is 369 g/mol. The molecule has 0 spiro atoms. The van der Waals surface area contributed by atoms with Crippen LogP contribution in [0.15, 0.2) is 42.7 Å². The Balaban J connectivity index is 1.45. The number of hydrogen-bond acceptors (Lipinski definition) is 4. The summed E-state index contributed by atoms with van der Waals surface area (Å²) in [6.45, 7) is 0.841. The van der Waals surface area contributed by atoms with Crippen LogP contribution in [0.2, 0.25) is 0 Å². The molecule has 2 aliphatic rings. The second kappa shape index (κ2) is 6.56. The third-order valence-corrected chi connectivity index (χ3v) is 5.51. The number of halogens is 2. The Bertz CT molecular complexity index is 966. The summed E-state index contributed by atoms with van der Waals surface area (Å²) < 4.78 is 28.4. The minimum atomic E-state index is -2.35. The third kappa shape index (κ3) is 3.16. The van der Waals surface area contributed by atoms with Crippen LogP contribution < -0.4 is 10.6 Å². The Labute approximate surface area is 155 Å². The number of anilines is 1. The van der Waals surface area contributed by atoms with Gasteiger partial charge in [0.25, 0.3) is 0 Å². The largest absolute Gasteiger partial charge is 0.365 e. The zero-order valence-electron chi connectivity index (χ0n) is 14.8. The molecule has 5 rings (SSSR count). The van der Waals surface area contributed by atoms with Gasteiger partial charge in [0.15, 0.2) is 0 Å². The zero-order valence-corrected chi connectivity index (χ0v) is 14.8. The van der Waals surface area contributed by atoms with Crippen LogP contribution in [0.4, 0.5) is 14.6 Å². The van der Waals surface area contributed by atoms with Crippen molar-refractivity contribution in [3.8, 4) is 11.4 Å². The summed E-state index contributed by atoms with van der Waals surface area (Å²) in [6, 6.07) is 9.51. The summed E-state index contributed by atoms with van der Waals surface area (Å²) in [4.78, 5) is 9.15. The van der Waals surface area contributed by atoms with E-state index in [1.165, 1.54) is 18.4 Å². The molecule has 0 bridgehead atoms. The first-order valence-electron chi connectivity index (χ1n) is 9.39. The van der Waals surface area contributed by atoms with Gasteiger partial charge >= 0.3 is 0 Å². The number of imidazole rings is 1. The Kier molecular flexibility index (Phi) is 4.04. The molecule has 0 aromatic carbocycles. The predicted molar refractivity (Wildman–Crippen MR) is 100 cm³/mol. The molecule has 27 heavy (non-hydrogen) atoms. The lowest BCUT2D eigenvalue weighted by molar-refractivity contribution is 0.0825. The van der Waals surface area contributed by atoms with Crippen LogP contribution in [0.5, 0.6) is 0 Å². The fourth-order valence-electron chi connectivity index (χ4n) is 3.81. The first-order valence-corrected chi connectivity index (χ1v) is 9.39. The molecule has 5 nitrogen and oxygen atoms in total. The number of nitrogens with one attached hydrogen (secondary N) is 2. The van der Waals surface area contributed by atoms with Gasteiger partial charge in [0.2, 0.25) is 6.43 Å². The van der Waals surface area contributed by atoms with Crippen LogP contribution in [-0.2, 0) is 0 Å². The Morgan fingerprint density at radius 2 is 2.04 bits per heavy atom. The van der Waals surface area contributed by atoms with Crippen molar-refractivity contribution in [2.24, 2.45) is 5.92 Å². The monoisotopic (exact) mass is 369 g/mol. The van der Waals surface area contributed by atoms with E-state index < -0.39 is 12.3 Å². The number of rotatable bonds is 5.